The number of halogens is 2. The van der Waals surface area contributed by atoms with E-state index in [1.54, 1.807) is 17.0 Å². The number of nitrogens with zero attached hydrogens (tertiary/aromatic N) is 7. The monoisotopic (exact) mass is 429 g/mol. The summed E-state index contributed by atoms with van der Waals surface area (Å²) in [4.78, 5) is 28.9. The number of pyridine rings is 1. The Bertz CT molecular complexity index is 1020. The first-order valence-electron chi connectivity index (χ1n) is 10.0. The van der Waals surface area contributed by atoms with Crippen molar-refractivity contribution in [2.45, 2.75) is 52.5 Å². The van der Waals surface area contributed by atoms with Gasteiger partial charge in [-0.05, 0) is 39.3 Å². The van der Waals surface area contributed by atoms with Crippen LogP contribution >= 0.6 is 0 Å². The first-order chi connectivity index (χ1) is 14.7. The Kier molecular flexibility index (Phi) is 6.67. The summed E-state index contributed by atoms with van der Waals surface area (Å²) in [5.41, 5.74) is 1.27. The molecule has 0 aliphatic heterocycles. The van der Waals surface area contributed by atoms with Crippen molar-refractivity contribution in [2.75, 3.05) is 6.54 Å². The van der Waals surface area contributed by atoms with Gasteiger partial charge in [0.15, 0.2) is 5.69 Å². The zero-order valence-corrected chi connectivity index (χ0v) is 18.0. The minimum atomic E-state index is -2.97. The van der Waals surface area contributed by atoms with E-state index in [-0.39, 0.29) is 23.2 Å². The van der Waals surface area contributed by atoms with Crippen molar-refractivity contribution >= 4 is 5.91 Å². The van der Waals surface area contributed by atoms with Crippen LogP contribution in [0.4, 0.5) is 8.78 Å². The Morgan fingerprint density at radius 1 is 1.19 bits per heavy atom. The van der Waals surface area contributed by atoms with Crippen LogP contribution < -0.4 is 0 Å². The molecule has 0 aliphatic rings. The van der Waals surface area contributed by atoms with E-state index in [0.717, 1.165) is 19.3 Å². The molecule has 1 atom stereocenters. The molecule has 0 N–H and O–H groups in total. The van der Waals surface area contributed by atoms with Crippen LogP contribution in [0.3, 0.4) is 0 Å². The highest BCUT2D eigenvalue weighted by Crippen LogP contribution is 2.25. The summed E-state index contributed by atoms with van der Waals surface area (Å²) in [6.07, 6.45) is 6.39. The molecule has 0 bridgehead atoms. The lowest BCUT2D eigenvalue weighted by Gasteiger charge is -2.28. The van der Waals surface area contributed by atoms with Gasteiger partial charge in [0.2, 0.25) is 0 Å². The van der Waals surface area contributed by atoms with Gasteiger partial charge in [0.1, 0.15) is 11.5 Å². The normalized spacial score (nSPS) is 12.6. The summed E-state index contributed by atoms with van der Waals surface area (Å²) < 4.78 is 26.6. The second-order valence-corrected chi connectivity index (χ2v) is 7.39. The van der Waals surface area contributed by atoms with Crippen molar-refractivity contribution in [3.63, 3.8) is 0 Å². The van der Waals surface area contributed by atoms with E-state index < -0.39 is 5.92 Å². The fourth-order valence-corrected chi connectivity index (χ4v) is 3.20. The maximum Gasteiger partial charge on any atom is 0.275 e. The quantitative estimate of drug-likeness (QED) is 0.546. The summed E-state index contributed by atoms with van der Waals surface area (Å²) in [5.74, 6) is -2.74. The van der Waals surface area contributed by atoms with Crippen LogP contribution in [0.5, 0.6) is 0 Å². The van der Waals surface area contributed by atoms with Crippen molar-refractivity contribution in [1.82, 2.24) is 34.8 Å². The van der Waals surface area contributed by atoms with Gasteiger partial charge in [-0.1, -0.05) is 0 Å². The van der Waals surface area contributed by atoms with Gasteiger partial charge < -0.3 is 4.90 Å². The van der Waals surface area contributed by atoms with E-state index >= 15 is 0 Å². The van der Waals surface area contributed by atoms with E-state index in [1.807, 2.05) is 20.8 Å². The van der Waals surface area contributed by atoms with E-state index in [4.69, 9.17) is 0 Å². The third-order valence-electron chi connectivity index (χ3n) is 4.98. The fraction of sp³-hybridized carbons (Fsp3) is 0.429. The number of hydrogen-bond acceptors (Lipinski definition) is 6. The van der Waals surface area contributed by atoms with E-state index in [2.05, 4.69) is 25.1 Å². The molecule has 3 heterocycles. The SMILES string of the molecule is CCN(C(=O)c1nc(C)ccc1-n1nccn1)[C@@H](C)CCc1ncc(C(C)(F)F)cn1. The van der Waals surface area contributed by atoms with Gasteiger partial charge in [-0.25, -0.2) is 23.7 Å². The average molecular weight is 429 g/mol. The van der Waals surface area contributed by atoms with Gasteiger partial charge in [0.25, 0.3) is 11.8 Å². The molecular formula is C21H25F2N7O. The number of carbonyl (C=O) groups excluding carboxylic acids is 1. The van der Waals surface area contributed by atoms with Crippen LogP contribution in [-0.4, -0.2) is 53.3 Å². The summed E-state index contributed by atoms with van der Waals surface area (Å²) in [5, 5.41) is 8.23. The minimum Gasteiger partial charge on any atom is -0.335 e. The maximum atomic E-state index is 13.3. The Hall–Kier alpha value is -3.30. The van der Waals surface area contributed by atoms with Crippen molar-refractivity contribution in [2.24, 2.45) is 0 Å². The van der Waals surface area contributed by atoms with Gasteiger partial charge in [-0.3, -0.25) is 4.79 Å². The number of carbonyl (C=O) groups is 1. The first kappa shape index (κ1) is 22.4. The van der Waals surface area contributed by atoms with Crippen LogP contribution in [0, 0.1) is 6.92 Å². The molecule has 0 radical (unpaired) electrons. The number of aromatic nitrogens is 6. The zero-order valence-electron chi connectivity index (χ0n) is 18.0. The molecule has 0 fully saturated rings. The van der Waals surface area contributed by atoms with Crippen LogP contribution in [0.15, 0.2) is 36.9 Å². The predicted molar refractivity (Wildman–Crippen MR) is 110 cm³/mol. The molecule has 0 spiro atoms. The molecule has 1 amide bonds. The van der Waals surface area contributed by atoms with Gasteiger partial charge in [-0.2, -0.15) is 10.2 Å². The van der Waals surface area contributed by atoms with Gasteiger partial charge in [0, 0.05) is 44.0 Å². The van der Waals surface area contributed by atoms with Crippen LogP contribution in [0.1, 0.15) is 54.8 Å². The smallest absolute Gasteiger partial charge is 0.275 e. The molecule has 0 saturated carbocycles. The minimum absolute atomic E-state index is 0.144. The molecule has 10 heteroatoms. The highest BCUT2D eigenvalue weighted by molar-refractivity contribution is 5.96. The molecule has 8 nitrogen and oxygen atoms in total. The number of hydrogen-bond donors (Lipinski definition) is 0. The van der Waals surface area contributed by atoms with Gasteiger partial charge >= 0.3 is 0 Å². The van der Waals surface area contributed by atoms with Crippen molar-refractivity contribution < 1.29 is 13.6 Å². The number of aryl methyl sites for hydroxylation is 2. The predicted octanol–water partition coefficient (Wildman–Crippen LogP) is 3.36. The van der Waals surface area contributed by atoms with Gasteiger partial charge in [0.05, 0.1) is 18.0 Å². The van der Waals surface area contributed by atoms with Crippen LogP contribution in [-0.2, 0) is 12.3 Å². The summed E-state index contributed by atoms with van der Waals surface area (Å²) in [6.45, 7) is 6.92. The third-order valence-corrected chi connectivity index (χ3v) is 4.98. The lowest BCUT2D eigenvalue weighted by Crippen LogP contribution is -2.40. The van der Waals surface area contributed by atoms with Crippen molar-refractivity contribution in [1.29, 1.82) is 0 Å². The van der Waals surface area contributed by atoms with Gasteiger partial charge in [-0.15, -0.1) is 4.80 Å². The molecule has 3 rings (SSSR count). The molecule has 164 valence electrons. The Morgan fingerprint density at radius 2 is 1.84 bits per heavy atom. The molecule has 0 saturated heterocycles. The second kappa shape index (κ2) is 9.23. The van der Waals surface area contributed by atoms with Crippen LogP contribution in [0.25, 0.3) is 5.69 Å². The topological polar surface area (TPSA) is 89.7 Å². The zero-order chi connectivity index (χ0) is 22.6. The first-order valence-corrected chi connectivity index (χ1v) is 10.0. The fourth-order valence-electron chi connectivity index (χ4n) is 3.20. The molecule has 0 aromatic carbocycles. The molecular weight excluding hydrogens is 404 g/mol. The number of alkyl halides is 2. The maximum absolute atomic E-state index is 13.3. The third kappa shape index (κ3) is 5.25. The molecule has 0 aliphatic carbocycles. The second-order valence-electron chi connectivity index (χ2n) is 7.39. The lowest BCUT2D eigenvalue weighted by atomic mass is 10.1. The highest BCUT2D eigenvalue weighted by Gasteiger charge is 2.26. The standard InChI is InChI=1S/C21H25F2N7O/c1-5-29(15(3)7-9-18-24-12-16(13-25-18)21(4,22)23)20(31)19-17(8-6-14(2)28-19)30-26-10-11-27-30/h6,8,10-13,15H,5,7,9H2,1-4H3/t15-/m0/s1. The summed E-state index contributed by atoms with van der Waals surface area (Å²) in [6, 6.07) is 3.43. The van der Waals surface area contributed by atoms with Crippen molar-refractivity contribution in [3.8, 4) is 5.69 Å². The Labute approximate surface area is 179 Å². The number of amides is 1. The summed E-state index contributed by atoms with van der Waals surface area (Å²) in [7, 11) is 0. The Balaban J connectivity index is 1.74. The highest BCUT2D eigenvalue weighted by atomic mass is 19.3. The molecule has 3 aromatic heterocycles. The Morgan fingerprint density at radius 3 is 2.42 bits per heavy atom. The van der Waals surface area contributed by atoms with Crippen molar-refractivity contribution in [3.05, 3.63) is 59.7 Å². The van der Waals surface area contributed by atoms with E-state index in [1.165, 1.54) is 17.2 Å². The molecule has 31 heavy (non-hydrogen) atoms. The summed E-state index contributed by atoms with van der Waals surface area (Å²) >= 11 is 0. The number of rotatable bonds is 8. The average Bonchev–Trinajstić information content (AvgIpc) is 3.27. The lowest BCUT2D eigenvalue weighted by molar-refractivity contribution is 0.0166. The van der Waals surface area contributed by atoms with Crippen LogP contribution in [0.2, 0.25) is 0 Å². The van der Waals surface area contributed by atoms with E-state index in [0.29, 0.717) is 36.6 Å². The largest absolute Gasteiger partial charge is 0.335 e. The molecule has 3 aromatic rings. The molecule has 0 unspecified atom stereocenters. The van der Waals surface area contributed by atoms with E-state index in [9.17, 15) is 13.6 Å².